The Morgan fingerprint density at radius 3 is 2.68 bits per heavy atom. The lowest BCUT2D eigenvalue weighted by atomic mass is 10.2. The summed E-state index contributed by atoms with van der Waals surface area (Å²) in [7, 11) is 0. The lowest BCUT2D eigenvalue weighted by Crippen LogP contribution is -2.32. The van der Waals surface area contributed by atoms with Crippen LogP contribution in [0.25, 0.3) is 0 Å². The second-order valence-corrected chi connectivity index (χ2v) is 6.17. The van der Waals surface area contributed by atoms with Gasteiger partial charge in [-0.05, 0) is 39.0 Å². The summed E-state index contributed by atoms with van der Waals surface area (Å²) in [6, 6.07) is 5.39. The molecule has 5 heteroatoms. The number of carbonyl (C=O) groups excluding carboxylic acids is 1. The number of alkyl carbamates (subject to hydrolysis) is 1. The molecule has 0 saturated carbocycles. The van der Waals surface area contributed by atoms with Gasteiger partial charge in [-0.3, -0.25) is 0 Å². The van der Waals surface area contributed by atoms with Crippen LogP contribution in [0, 0.1) is 11.8 Å². The lowest BCUT2D eigenvalue weighted by molar-refractivity contribution is 0.0535. The molecule has 3 nitrogen and oxygen atoms in total. The van der Waals surface area contributed by atoms with Crippen LogP contribution in [-0.2, 0) is 4.74 Å². The summed E-state index contributed by atoms with van der Waals surface area (Å²) in [5, 5.41) is 3.17. The van der Waals surface area contributed by atoms with Gasteiger partial charge in [-0.1, -0.05) is 39.4 Å². The van der Waals surface area contributed by atoms with Crippen molar-refractivity contribution in [2.75, 3.05) is 6.54 Å². The molecular weight excluding hydrogens is 330 g/mol. The van der Waals surface area contributed by atoms with Crippen LogP contribution < -0.4 is 5.32 Å². The molecule has 0 spiro atoms. The van der Waals surface area contributed by atoms with E-state index in [0.717, 1.165) is 10.0 Å². The number of hydrogen-bond acceptors (Lipinski definition) is 2. The van der Waals surface area contributed by atoms with E-state index in [-0.39, 0.29) is 6.54 Å². The number of ether oxygens (including phenoxy) is 1. The minimum absolute atomic E-state index is 0.221. The summed E-state index contributed by atoms with van der Waals surface area (Å²) < 4.78 is 5.95. The minimum Gasteiger partial charge on any atom is -0.444 e. The third kappa shape index (κ3) is 7.09. The predicted molar refractivity (Wildman–Crippen MR) is 80.3 cm³/mol. The summed E-state index contributed by atoms with van der Waals surface area (Å²) >= 11 is 9.23. The highest BCUT2D eigenvalue weighted by Crippen LogP contribution is 2.18. The Morgan fingerprint density at radius 2 is 2.11 bits per heavy atom. The maximum atomic E-state index is 11.3. The minimum atomic E-state index is -0.505. The van der Waals surface area contributed by atoms with Gasteiger partial charge >= 0.3 is 6.09 Å². The Morgan fingerprint density at radius 1 is 1.42 bits per heavy atom. The molecule has 0 saturated heterocycles. The summed E-state index contributed by atoms with van der Waals surface area (Å²) in [6.07, 6.45) is -0.478. The summed E-state index contributed by atoms with van der Waals surface area (Å²) in [5.41, 5.74) is 0.278. The molecule has 1 rings (SSSR count). The van der Waals surface area contributed by atoms with Gasteiger partial charge in [0, 0.05) is 15.1 Å². The monoisotopic (exact) mass is 343 g/mol. The average molecular weight is 345 g/mol. The Kier molecular flexibility index (Phi) is 5.71. The first-order valence-corrected chi connectivity index (χ1v) is 6.85. The van der Waals surface area contributed by atoms with Crippen molar-refractivity contribution < 1.29 is 9.53 Å². The molecule has 0 aromatic heterocycles. The first-order chi connectivity index (χ1) is 8.76. The van der Waals surface area contributed by atoms with Crippen molar-refractivity contribution in [3.63, 3.8) is 0 Å². The fraction of sp³-hybridized carbons (Fsp3) is 0.357. The zero-order valence-electron chi connectivity index (χ0n) is 11.0. The molecule has 102 valence electrons. The number of halogens is 2. The van der Waals surface area contributed by atoms with Crippen molar-refractivity contribution in [1.82, 2.24) is 5.32 Å². The summed E-state index contributed by atoms with van der Waals surface area (Å²) in [6.45, 7) is 5.64. The Labute approximate surface area is 126 Å². The highest BCUT2D eigenvalue weighted by Gasteiger charge is 2.14. The molecular formula is C14H15BrClNO2. The maximum Gasteiger partial charge on any atom is 0.408 e. The summed E-state index contributed by atoms with van der Waals surface area (Å²) in [5.74, 6) is 5.74. The zero-order chi connectivity index (χ0) is 14.5. The number of amides is 1. The number of hydrogen-bond donors (Lipinski definition) is 1. The van der Waals surface area contributed by atoms with E-state index in [1.807, 2.05) is 26.8 Å². The van der Waals surface area contributed by atoms with Crippen LogP contribution >= 0.6 is 27.5 Å². The topological polar surface area (TPSA) is 38.3 Å². The fourth-order valence-electron chi connectivity index (χ4n) is 1.20. The van der Waals surface area contributed by atoms with Crippen LogP contribution in [0.3, 0.4) is 0 Å². The molecule has 0 radical (unpaired) electrons. The predicted octanol–water partition coefficient (Wildman–Crippen LogP) is 3.98. The molecule has 1 aromatic rings. The van der Waals surface area contributed by atoms with Gasteiger partial charge in [0.05, 0.1) is 6.54 Å². The second-order valence-electron chi connectivity index (χ2n) is 4.82. The van der Waals surface area contributed by atoms with Crippen LogP contribution in [0.2, 0.25) is 5.02 Å². The smallest absolute Gasteiger partial charge is 0.408 e. The van der Waals surface area contributed by atoms with Crippen LogP contribution in [-0.4, -0.2) is 18.2 Å². The van der Waals surface area contributed by atoms with Crippen LogP contribution in [0.15, 0.2) is 22.7 Å². The highest BCUT2D eigenvalue weighted by molar-refractivity contribution is 9.10. The van der Waals surface area contributed by atoms with E-state index in [4.69, 9.17) is 16.3 Å². The standard InChI is InChI=1S/C14H15BrClNO2/c1-14(2,3)19-13(18)17-6-4-5-10-7-11(15)9-12(16)8-10/h7-9H,6H2,1-3H3,(H,17,18). The normalized spacial score (nSPS) is 10.4. The van der Waals surface area contributed by atoms with Gasteiger partial charge in [0.25, 0.3) is 0 Å². The van der Waals surface area contributed by atoms with Gasteiger partial charge in [0.15, 0.2) is 0 Å². The number of carbonyl (C=O) groups is 1. The van der Waals surface area contributed by atoms with Crippen molar-refractivity contribution in [3.05, 3.63) is 33.3 Å². The molecule has 1 amide bonds. The van der Waals surface area contributed by atoms with E-state index >= 15 is 0 Å². The average Bonchev–Trinajstić information content (AvgIpc) is 2.20. The summed E-state index contributed by atoms with van der Waals surface area (Å²) in [4.78, 5) is 11.3. The van der Waals surface area contributed by atoms with Crippen molar-refractivity contribution in [3.8, 4) is 11.8 Å². The maximum absolute atomic E-state index is 11.3. The number of rotatable bonds is 1. The zero-order valence-corrected chi connectivity index (χ0v) is 13.4. The van der Waals surface area contributed by atoms with Gasteiger partial charge in [-0.2, -0.15) is 0 Å². The van der Waals surface area contributed by atoms with Gasteiger partial charge in [-0.25, -0.2) is 4.79 Å². The Hall–Kier alpha value is -1.18. The van der Waals surface area contributed by atoms with E-state index in [1.165, 1.54) is 0 Å². The second kappa shape index (κ2) is 6.83. The molecule has 0 unspecified atom stereocenters. The third-order valence-corrected chi connectivity index (χ3v) is 2.49. The van der Waals surface area contributed by atoms with E-state index < -0.39 is 11.7 Å². The van der Waals surface area contributed by atoms with Crippen molar-refractivity contribution >= 4 is 33.6 Å². The first-order valence-electron chi connectivity index (χ1n) is 5.68. The molecule has 0 fully saturated rings. The van der Waals surface area contributed by atoms with Crippen LogP contribution in [0.1, 0.15) is 26.3 Å². The van der Waals surface area contributed by atoms with Gasteiger partial charge in [0.2, 0.25) is 0 Å². The largest absolute Gasteiger partial charge is 0.444 e. The van der Waals surface area contributed by atoms with Crippen molar-refractivity contribution in [2.45, 2.75) is 26.4 Å². The SMILES string of the molecule is CC(C)(C)OC(=O)NCC#Cc1cc(Cl)cc(Br)c1. The van der Waals surface area contributed by atoms with Crippen molar-refractivity contribution in [1.29, 1.82) is 0 Å². The quantitative estimate of drug-likeness (QED) is 0.783. The Balaban J connectivity index is 2.50. The molecule has 19 heavy (non-hydrogen) atoms. The number of benzene rings is 1. The van der Waals surface area contributed by atoms with Crippen LogP contribution in [0.4, 0.5) is 4.79 Å². The first kappa shape index (κ1) is 15.9. The Bertz CT molecular complexity index is 506. The van der Waals surface area contributed by atoms with Crippen molar-refractivity contribution in [2.24, 2.45) is 0 Å². The fourth-order valence-corrected chi connectivity index (χ4v) is 2.06. The van der Waals surface area contributed by atoms with E-state index in [1.54, 1.807) is 12.1 Å². The molecule has 1 N–H and O–H groups in total. The molecule has 0 aliphatic carbocycles. The lowest BCUT2D eigenvalue weighted by Gasteiger charge is -2.18. The number of nitrogens with one attached hydrogen (secondary N) is 1. The van der Waals surface area contributed by atoms with E-state index in [0.29, 0.717) is 5.02 Å². The van der Waals surface area contributed by atoms with E-state index in [2.05, 4.69) is 33.1 Å². The molecule has 0 heterocycles. The van der Waals surface area contributed by atoms with Gasteiger partial charge in [-0.15, -0.1) is 0 Å². The highest BCUT2D eigenvalue weighted by atomic mass is 79.9. The molecule has 0 aliphatic heterocycles. The third-order valence-electron chi connectivity index (χ3n) is 1.82. The molecule has 1 aromatic carbocycles. The van der Waals surface area contributed by atoms with Crippen LogP contribution in [0.5, 0.6) is 0 Å². The molecule has 0 aliphatic rings. The van der Waals surface area contributed by atoms with E-state index in [9.17, 15) is 4.79 Å². The molecule has 0 bridgehead atoms. The van der Waals surface area contributed by atoms with Gasteiger partial charge < -0.3 is 10.1 Å². The molecule has 0 atom stereocenters. The van der Waals surface area contributed by atoms with Gasteiger partial charge in [0.1, 0.15) is 5.60 Å².